The molecule has 2 amide bonds. The van der Waals surface area contributed by atoms with E-state index < -0.39 is 5.25 Å². The molecule has 0 fully saturated rings. The summed E-state index contributed by atoms with van der Waals surface area (Å²) < 4.78 is 1.75. The number of nitrogens with one attached hydrogen (secondary N) is 1. The summed E-state index contributed by atoms with van der Waals surface area (Å²) in [6.45, 7) is 3.74. The summed E-state index contributed by atoms with van der Waals surface area (Å²) in [4.78, 5) is 35.4. The van der Waals surface area contributed by atoms with Crippen molar-refractivity contribution in [3.8, 4) is 5.69 Å². The third-order valence-electron chi connectivity index (χ3n) is 5.06. The molecule has 0 aliphatic heterocycles. The van der Waals surface area contributed by atoms with Gasteiger partial charge in [-0.3, -0.25) is 9.59 Å². The van der Waals surface area contributed by atoms with E-state index >= 15 is 0 Å². The second kappa shape index (κ2) is 9.83. The van der Waals surface area contributed by atoms with Crippen LogP contribution in [0.1, 0.15) is 12.5 Å². The Labute approximate surface area is 196 Å². The summed E-state index contributed by atoms with van der Waals surface area (Å²) in [5.74, 6) is -0.415. The molecule has 2 heterocycles. The molecule has 2 aromatic heterocycles. The first kappa shape index (κ1) is 22.5. The molecule has 0 bridgehead atoms. The van der Waals surface area contributed by atoms with E-state index in [2.05, 4.69) is 20.4 Å². The molecular weight excluding hydrogens is 436 g/mol. The normalized spacial score (nSPS) is 11.8. The number of anilines is 1. The molecule has 0 saturated heterocycles. The Bertz CT molecular complexity index is 1270. The zero-order chi connectivity index (χ0) is 23.4. The molecule has 4 aromatic rings. The molecule has 1 N–H and O–H groups in total. The molecule has 0 saturated carbocycles. The van der Waals surface area contributed by atoms with Gasteiger partial charge in [-0.1, -0.05) is 47.7 Å². The highest BCUT2D eigenvalue weighted by Crippen LogP contribution is 2.29. The summed E-state index contributed by atoms with van der Waals surface area (Å²) in [5.41, 5.74) is 3.38. The van der Waals surface area contributed by atoms with Crippen LogP contribution in [-0.4, -0.2) is 55.3 Å². The summed E-state index contributed by atoms with van der Waals surface area (Å²) in [6, 6.07) is 17.2. The Balaban J connectivity index is 1.42. The Morgan fingerprint density at radius 1 is 1.09 bits per heavy atom. The first-order chi connectivity index (χ1) is 15.9. The first-order valence-corrected chi connectivity index (χ1v) is 11.3. The van der Waals surface area contributed by atoms with Crippen LogP contribution in [0.15, 0.2) is 72.1 Å². The maximum Gasteiger partial charge on any atom is 0.243 e. The molecule has 0 aliphatic rings. The molecule has 4 rings (SSSR count). The van der Waals surface area contributed by atoms with E-state index in [4.69, 9.17) is 0 Å². The number of likely N-dealkylation sites (N-methyl/N-ethyl adjacent to an activating group) is 1. The fraction of sp³-hybridized carbons (Fsp3) is 0.208. The van der Waals surface area contributed by atoms with Crippen LogP contribution in [0, 0.1) is 6.92 Å². The number of hydrogen-bond acceptors (Lipinski definition) is 6. The summed E-state index contributed by atoms with van der Waals surface area (Å²) in [5, 5.41) is 8.26. The van der Waals surface area contributed by atoms with E-state index in [0.29, 0.717) is 16.4 Å². The molecule has 33 heavy (non-hydrogen) atoms. The van der Waals surface area contributed by atoms with Crippen molar-refractivity contribution in [1.82, 2.24) is 24.6 Å². The summed E-state index contributed by atoms with van der Waals surface area (Å²) >= 11 is 1.32. The molecule has 9 heteroatoms. The average Bonchev–Trinajstić information content (AvgIpc) is 3.26. The number of carbonyl (C=O) groups is 2. The van der Waals surface area contributed by atoms with Crippen molar-refractivity contribution in [2.45, 2.75) is 24.1 Å². The lowest BCUT2D eigenvalue weighted by atomic mass is 10.2. The van der Waals surface area contributed by atoms with E-state index in [0.717, 1.165) is 16.6 Å². The van der Waals surface area contributed by atoms with Gasteiger partial charge in [0.05, 0.1) is 29.1 Å². The van der Waals surface area contributed by atoms with Gasteiger partial charge in [-0.05, 0) is 38.1 Å². The molecule has 168 valence electrons. The highest BCUT2D eigenvalue weighted by molar-refractivity contribution is 8.00. The number of fused-ring (bicyclic) bond motifs is 1. The maximum atomic E-state index is 12.9. The van der Waals surface area contributed by atoms with Gasteiger partial charge in [0.15, 0.2) is 5.65 Å². The van der Waals surface area contributed by atoms with Crippen LogP contribution in [0.2, 0.25) is 0 Å². The number of rotatable bonds is 7. The number of benzene rings is 2. The number of carbonyl (C=O) groups excluding carboxylic acids is 2. The van der Waals surface area contributed by atoms with E-state index in [1.807, 2.05) is 61.5 Å². The molecule has 8 nitrogen and oxygen atoms in total. The topological polar surface area (TPSA) is 93.0 Å². The largest absolute Gasteiger partial charge is 0.335 e. The van der Waals surface area contributed by atoms with Gasteiger partial charge in [-0.2, -0.15) is 5.10 Å². The standard InChI is InChI=1S/C24H24N6O2S/c1-16-9-11-18(12-10-16)28-21(31)14-29(3)24(32)17(2)33-23-20-13-27-30(22(20)25-15-26-23)19-7-5-4-6-8-19/h4-13,15,17H,14H2,1-3H3,(H,28,31). The van der Waals surface area contributed by atoms with Crippen molar-refractivity contribution in [1.29, 1.82) is 0 Å². The van der Waals surface area contributed by atoms with Gasteiger partial charge < -0.3 is 10.2 Å². The maximum absolute atomic E-state index is 12.9. The van der Waals surface area contributed by atoms with Crippen LogP contribution in [0.4, 0.5) is 5.69 Å². The zero-order valence-corrected chi connectivity index (χ0v) is 19.4. The van der Waals surface area contributed by atoms with Crippen LogP contribution in [0.5, 0.6) is 0 Å². The number of amides is 2. The van der Waals surface area contributed by atoms with Gasteiger partial charge in [0.25, 0.3) is 0 Å². The van der Waals surface area contributed by atoms with E-state index in [-0.39, 0.29) is 18.4 Å². The van der Waals surface area contributed by atoms with Crippen LogP contribution >= 0.6 is 11.8 Å². The average molecular weight is 461 g/mol. The third kappa shape index (κ3) is 5.20. The Morgan fingerprint density at radius 2 is 1.82 bits per heavy atom. The highest BCUT2D eigenvalue weighted by Gasteiger charge is 2.23. The third-order valence-corrected chi connectivity index (χ3v) is 6.16. The number of aryl methyl sites for hydroxylation is 1. The van der Waals surface area contributed by atoms with Crippen molar-refractivity contribution < 1.29 is 9.59 Å². The molecular formula is C24H24N6O2S. The lowest BCUT2D eigenvalue weighted by Gasteiger charge is -2.20. The Kier molecular flexibility index (Phi) is 6.69. The van der Waals surface area contributed by atoms with Crippen LogP contribution in [-0.2, 0) is 9.59 Å². The van der Waals surface area contributed by atoms with Crippen LogP contribution < -0.4 is 5.32 Å². The van der Waals surface area contributed by atoms with E-state index in [1.54, 1.807) is 24.9 Å². The van der Waals surface area contributed by atoms with Crippen LogP contribution in [0.25, 0.3) is 16.7 Å². The summed E-state index contributed by atoms with van der Waals surface area (Å²) in [7, 11) is 1.62. The number of aromatic nitrogens is 4. The van der Waals surface area contributed by atoms with Crippen LogP contribution in [0.3, 0.4) is 0 Å². The minimum Gasteiger partial charge on any atom is -0.335 e. The van der Waals surface area contributed by atoms with Crippen molar-refractivity contribution in [3.05, 3.63) is 72.7 Å². The van der Waals surface area contributed by atoms with Gasteiger partial charge in [-0.15, -0.1) is 0 Å². The lowest BCUT2D eigenvalue weighted by Crippen LogP contribution is -2.38. The van der Waals surface area contributed by atoms with Gasteiger partial charge in [0, 0.05) is 12.7 Å². The quantitative estimate of drug-likeness (QED) is 0.334. The van der Waals surface area contributed by atoms with Crippen molar-refractivity contribution in [2.75, 3.05) is 18.9 Å². The van der Waals surface area contributed by atoms with Crippen molar-refractivity contribution in [3.63, 3.8) is 0 Å². The summed E-state index contributed by atoms with van der Waals surface area (Å²) in [6.07, 6.45) is 3.18. The van der Waals surface area contributed by atoms with Crippen molar-refractivity contribution >= 4 is 40.3 Å². The fourth-order valence-corrected chi connectivity index (χ4v) is 4.33. The predicted octanol–water partition coefficient (Wildman–Crippen LogP) is 3.70. The number of hydrogen-bond donors (Lipinski definition) is 1. The van der Waals surface area contributed by atoms with Gasteiger partial charge in [0.1, 0.15) is 11.4 Å². The Morgan fingerprint density at radius 3 is 2.55 bits per heavy atom. The minimum atomic E-state index is -0.444. The molecule has 2 aromatic carbocycles. The SMILES string of the molecule is Cc1ccc(NC(=O)CN(C)C(=O)C(C)Sc2ncnc3c2cnn3-c2ccccc2)cc1. The smallest absolute Gasteiger partial charge is 0.243 e. The highest BCUT2D eigenvalue weighted by atomic mass is 32.2. The molecule has 0 radical (unpaired) electrons. The monoisotopic (exact) mass is 460 g/mol. The fourth-order valence-electron chi connectivity index (χ4n) is 3.33. The predicted molar refractivity (Wildman–Crippen MR) is 129 cm³/mol. The lowest BCUT2D eigenvalue weighted by molar-refractivity contribution is -0.132. The van der Waals surface area contributed by atoms with Gasteiger partial charge >= 0.3 is 0 Å². The minimum absolute atomic E-state index is 0.0390. The number of para-hydroxylation sites is 1. The van der Waals surface area contributed by atoms with Gasteiger partial charge in [0.2, 0.25) is 11.8 Å². The molecule has 0 aliphatic carbocycles. The van der Waals surface area contributed by atoms with E-state index in [1.165, 1.54) is 23.0 Å². The first-order valence-electron chi connectivity index (χ1n) is 10.4. The molecule has 0 spiro atoms. The molecule has 1 unspecified atom stereocenters. The zero-order valence-electron chi connectivity index (χ0n) is 18.6. The van der Waals surface area contributed by atoms with E-state index in [9.17, 15) is 9.59 Å². The molecule has 1 atom stereocenters. The second-order valence-corrected chi connectivity index (χ2v) is 9.01. The van der Waals surface area contributed by atoms with Crippen molar-refractivity contribution in [2.24, 2.45) is 0 Å². The second-order valence-electron chi connectivity index (χ2n) is 7.68. The number of thioether (sulfide) groups is 1. The van der Waals surface area contributed by atoms with Gasteiger partial charge in [-0.25, -0.2) is 14.6 Å². The number of nitrogens with zero attached hydrogens (tertiary/aromatic N) is 5. The Hall–Kier alpha value is -3.72.